The highest BCUT2D eigenvalue weighted by Crippen LogP contribution is 2.31. The molecule has 0 saturated carbocycles. The Hall–Kier alpha value is -2.80. The van der Waals surface area contributed by atoms with Gasteiger partial charge < -0.3 is 15.4 Å². The number of anilines is 2. The molecule has 1 aromatic carbocycles. The molecule has 3 aromatic rings. The van der Waals surface area contributed by atoms with Gasteiger partial charge in [0.05, 0.1) is 12.8 Å². The number of methoxy groups -OCH3 is 1. The monoisotopic (exact) mass is 437 g/mol. The van der Waals surface area contributed by atoms with Crippen LogP contribution in [0, 0.1) is 5.92 Å². The molecule has 0 spiro atoms. The molecule has 0 aliphatic heterocycles. The van der Waals surface area contributed by atoms with Crippen LogP contribution in [0.3, 0.4) is 0 Å². The van der Waals surface area contributed by atoms with E-state index in [2.05, 4.69) is 57.8 Å². The molecule has 164 valence electrons. The SMILES string of the molecule is COc1ccccc1C(C)[C@H](C)CNc1cc(-c2ccnc(NCCSC)c2)ncn1. The van der Waals surface area contributed by atoms with Crippen molar-refractivity contribution in [2.75, 3.05) is 42.8 Å². The lowest BCUT2D eigenvalue weighted by Gasteiger charge is -2.23. The Morgan fingerprint density at radius 2 is 1.81 bits per heavy atom. The predicted octanol–water partition coefficient (Wildman–Crippen LogP) is 5.17. The number of benzene rings is 1. The van der Waals surface area contributed by atoms with Crippen molar-refractivity contribution < 1.29 is 4.74 Å². The molecule has 0 aliphatic carbocycles. The van der Waals surface area contributed by atoms with E-state index in [1.54, 1.807) is 13.4 Å². The van der Waals surface area contributed by atoms with Crippen LogP contribution in [-0.4, -0.2) is 47.2 Å². The lowest BCUT2D eigenvalue weighted by Crippen LogP contribution is -2.18. The van der Waals surface area contributed by atoms with Crippen molar-refractivity contribution in [2.24, 2.45) is 5.92 Å². The van der Waals surface area contributed by atoms with Crippen LogP contribution >= 0.6 is 11.8 Å². The summed E-state index contributed by atoms with van der Waals surface area (Å²) < 4.78 is 5.53. The van der Waals surface area contributed by atoms with Gasteiger partial charge >= 0.3 is 0 Å². The number of hydrogen-bond donors (Lipinski definition) is 2. The minimum Gasteiger partial charge on any atom is -0.496 e. The molecule has 6 nitrogen and oxygen atoms in total. The second-order valence-electron chi connectivity index (χ2n) is 7.53. The average Bonchev–Trinajstić information content (AvgIpc) is 2.82. The van der Waals surface area contributed by atoms with E-state index in [0.717, 1.165) is 47.5 Å². The van der Waals surface area contributed by atoms with Crippen LogP contribution in [0.15, 0.2) is 55.0 Å². The summed E-state index contributed by atoms with van der Waals surface area (Å²) in [6.45, 7) is 6.16. The first kappa shape index (κ1) is 22.9. The number of nitrogens with zero attached hydrogens (tertiary/aromatic N) is 3. The van der Waals surface area contributed by atoms with Crippen molar-refractivity contribution in [1.82, 2.24) is 15.0 Å². The van der Waals surface area contributed by atoms with Gasteiger partial charge in [0.25, 0.3) is 0 Å². The van der Waals surface area contributed by atoms with Crippen LogP contribution in [-0.2, 0) is 0 Å². The Bertz CT molecular complexity index is 968. The third-order valence-corrected chi connectivity index (χ3v) is 6.04. The fourth-order valence-corrected chi connectivity index (χ4v) is 3.68. The van der Waals surface area contributed by atoms with Crippen molar-refractivity contribution in [1.29, 1.82) is 0 Å². The van der Waals surface area contributed by atoms with E-state index in [1.165, 1.54) is 5.56 Å². The molecular formula is C24H31N5OS. The zero-order chi connectivity index (χ0) is 22.1. The molecule has 1 unspecified atom stereocenters. The summed E-state index contributed by atoms with van der Waals surface area (Å²) >= 11 is 1.81. The zero-order valence-electron chi connectivity index (χ0n) is 18.6. The van der Waals surface area contributed by atoms with Crippen LogP contribution in [0.25, 0.3) is 11.3 Å². The van der Waals surface area contributed by atoms with Crippen molar-refractivity contribution in [3.05, 3.63) is 60.6 Å². The summed E-state index contributed by atoms with van der Waals surface area (Å²) in [5.41, 5.74) is 3.11. The molecule has 0 radical (unpaired) electrons. The molecule has 0 fully saturated rings. The van der Waals surface area contributed by atoms with Crippen LogP contribution in [0.4, 0.5) is 11.6 Å². The van der Waals surface area contributed by atoms with Gasteiger partial charge in [-0.05, 0) is 41.9 Å². The van der Waals surface area contributed by atoms with Crippen LogP contribution in [0.2, 0.25) is 0 Å². The van der Waals surface area contributed by atoms with Crippen LogP contribution < -0.4 is 15.4 Å². The summed E-state index contributed by atoms with van der Waals surface area (Å²) in [6.07, 6.45) is 5.51. The molecule has 2 aromatic heterocycles. The van der Waals surface area contributed by atoms with Gasteiger partial charge in [0.2, 0.25) is 0 Å². The van der Waals surface area contributed by atoms with E-state index in [-0.39, 0.29) is 0 Å². The smallest absolute Gasteiger partial charge is 0.129 e. The third kappa shape index (κ3) is 6.34. The van der Waals surface area contributed by atoms with Crippen LogP contribution in [0.5, 0.6) is 5.75 Å². The van der Waals surface area contributed by atoms with Gasteiger partial charge in [-0.15, -0.1) is 0 Å². The van der Waals surface area contributed by atoms with Crippen molar-refractivity contribution >= 4 is 23.4 Å². The first-order valence-electron chi connectivity index (χ1n) is 10.5. The summed E-state index contributed by atoms with van der Waals surface area (Å²) in [5, 5.41) is 6.82. The van der Waals surface area contributed by atoms with Crippen molar-refractivity contribution in [3.63, 3.8) is 0 Å². The van der Waals surface area contributed by atoms with Gasteiger partial charge in [0.1, 0.15) is 23.7 Å². The Morgan fingerprint density at radius 1 is 1.00 bits per heavy atom. The summed E-state index contributed by atoms with van der Waals surface area (Å²) in [5.74, 6) is 4.39. The average molecular weight is 438 g/mol. The topological polar surface area (TPSA) is 72.0 Å². The van der Waals surface area contributed by atoms with E-state index in [1.807, 2.05) is 48.3 Å². The van der Waals surface area contributed by atoms with Gasteiger partial charge in [-0.3, -0.25) is 0 Å². The van der Waals surface area contributed by atoms with Gasteiger partial charge in [0.15, 0.2) is 0 Å². The second kappa shape index (κ2) is 11.6. The Kier molecular flexibility index (Phi) is 8.53. The Morgan fingerprint density at radius 3 is 2.61 bits per heavy atom. The minimum absolute atomic E-state index is 0.347. The highest BCUT2D eigenvalue weighted by Gasteiger charge is 2.18. The Balaban J connectivity index is 1.65. The molecule has 0 bridgehead atoms. The molecule has 31 heavy (non-hydrogen) atoms. The standard InChI is InChI=1S/C24H31N5OS/c1-17(18(2)20-7-5-6-8-22(20)30-3)15-27-24-14-21(28-16-29-24)19-9-10-25-23(13-19)26-11-12-31-4/h5-10,13-14,16-18H,11-12,15H2,1-4H3,(H,25,26)(H,27,28,29)/t17-,18?/m1/s1. The van der Waals surface area contributed by atoms with E-state index >= 15 is 0 Å². The quantitative estimate of drug-likeness (QED) is 0.401. The lowest BCUT2D eigenvalue weighted by molar-refractivity contribution is 0.397. The maximum atomic E-state index is 5.53. The molecule has 0 amide bonds. The van der Waals surface area contributed by atoms with Crippen molar-refractivity contribution in [3.8, 4) is 17.0 Å². The number of pyridine rings is 1. The largest absolute Gasteiger partial charge is 0.496 e. The molecule has 2 atom stereocenters. The number of hydrogen-bond acceptors (Lipinski definition) is 7. The number of para-hydroxylation sites is 1. The molecule has 2 N–H and O–H groups in total. The highest BCUT2D eigenvalue weighted by atomic mass is 32.2. The molecule has 0 aliphatic rings. The summed E-state index contributed by atoms with van der Waals surface area (Å²) in [7, 11) is 1.72. The van der Waals surface area contributed by atoms with E-state index in [0.29, 0.717) is 11.8 Å². The molecule has 0 saturated heterocycles. The number of nitrogens with one attached hydrogen (secondary N) is 2. The fourth-order valence-electron chi connectivity index (χ4n) is 3.37. The minimum atomic E-state index is 0.347. The number of aromatic nitrogens is 3. The first-order chi connectivity index (χ1) is 15.1. The maximum absolute atomic E-state index is 5.53. The summed E-state index contributed by atoms with van der Waals surface area (Å²) in [4.78, 5) is 13.2. The van der Waals surface area contributed by atoms with Gasteiger partial charge in [0, 0.05) is 36.7 Å². The van der Waals surface area contributed by atoms with Gasteiger partial charge in [-0.1, -0.05) is 32.0 Å². The number of rotatable bonds is 11. The summed E-state index contributed by atoms with van der Waals surface area (Å²) in [6, 6.07) is 14.2. The number of ether oxygens (including phenoxy) is 1. The third-order valence-electron chi connectivity index (χ3n) is 5.42. The maximum Gasteiger partial charge on any atom is 0.129 e. The van der Waals surface area contributed by atoms with Gasteiger partial charge in [-0.25, -0.2) is 15.0 Å². The predicted molar refractivity (Wildman–Crippen MR) is 131 cm³/mol. The number of thioether (sulfide) groups is 1. The Labute approximate surface area is 189 Å². The lowest BCUT2D eigenvalue weighted by atomic mass is 9.88. The molecule has 2 heterocycles. The van der Waals surface area contributed by atoms with Gasteiger partial charge in [-0.2, -0.15) is 11.8 Å². The van der Waals surface area contributed by atoms with E-state index in [9.17, 15) is 0 Å². The van der Waals surface area contributed by atoms with E-state index in [4.69, 9.17) is 4.74 Å². The van der Waals surface area contributed by atoms with Crippen LogP contribution in [0.1, 0.15) is 25.3 Å². The normalized spacial score (nSPS) is 12.8. The fraction of sp³-hybridized carbons (Fsp3) is 0.375. The second-order valence-corrected chi connectivity index (χ2v) is 8.51. The highest BCUT2D eigenvalue weighted by molar-refractivity contribution is 7.98. The van der Waals surface area contributed by atoms with E-state index < -0.39 is 0 Å². The molecular weight excluding hydrogens is 406 g/mol. The molecule has 3 rings (SSSR count). The van der Waals surface area contributed by atoms with Crippen molar-refractivity contribution in [2.45, 2.75) is 19.8 Å². The first-order valence-corrected chi connectivity index (χ1v) is 11.9. The molecule has 7 heteroatoms. The zero-order valence-corrected chi connectivity index (χ0v) is 19.4.